The molecule has 6 nitrogen and oxygen atoms in total. The maximum Gasteiger partial charge on any atom is 0.289 e. The maximum absolute atomic E-state index is 12.2. The summed E-state index contributed by atoms with van der Waals surface area (Å²) >= 11 is 0. The molecule has 19 heavy (non-hydrogen) atoms. The van der Waals surface area contributed by atoms with Crippen molar-refractivity contribution in [3.8, 4) is 5.95 Å². The van der Waals surface area contributed by atoms with Crippen molar-refractivity contribution in [2.75, 3.05) is 26.3 Å². The molecule has 0 aliphatic carbocycles. The van der Waals surface area contributed by atoms with Crippen LogP contribution in [0.3, 0.4) is 0 Å². The van der Waals surface area contributed by atoms with Gasteiger partial charge in [-0.3, -0.25) is 4.79 Å². The minimum atomic E-state index is -0.691. The lowest BCUT2D eigenvalue weighted by atomic mass is 9.94. The second-order valence-electron chi connectivity index (χ2n) is 4.60. The predicted octanol–water partition coefficient (Wildman–Crippen LogP) is 0.494. The summed E-state index contributed by atoms with van der Waals surface area (Å²) in [5.74, 6) is 0.107. The normalized spacial score (nSPS) is 23.4. The van der Waals surface area contributed by atoms with Crippen LogP contribution in [0.4, 0.5) is 0 Å². The highest BCUT2D eigenvalue weighted by Crippen LogP contribution is 2.22. The molecule has 0 unspecified atom stereocenters. The third-order valence-electron chi connectivity index (χ3n) is 3.32. The molecular weight excluding hydrogens is 250 g/mol. The summed E-state index contributed by atoms with van der Waals surface area (Å²) in [4.78, 5) is 13.7. The molecule has 2 N–H and O–H groups in total. The van der Waals surface area contributed by atoms with Gasteiger partial charge in [-0.15, -0.1) is 0 Å². The number of aliphatic hydroxyl groups excluding tert-OH is 2. The first kappa shape index (κ1) is 13.9. The van der Waals surface area contributed by atoms with Gasteiger partial charge in [-0.05, 0) is 19.4 Å². The van der Waals surface area contributed by atoms with E-state index in [1.807, 2.05) is 6.92 Å². The SMILES string of the molecule is CCOc1ccc(C(=O)N2CC[C@H](CO)[C@H](O)C2)o1. The van der Waals surface area contributed by atoms with Gasteiger partial charge < -0.3 is 24.3 Å². The number of carbonyl (C=O) groups is 1. The number of carbonyl (C=O) groups excluding carboxylic acids is 1. The highest BCUT2D eigenvalue weighted by atomic mass is 16.6. The molecule has 2 heterocycles. The zero-order valence-corrected chi connectivity index (χ0v) is 10.9. The monoisotopic (exact) mass is 269 g/mol. The van der Waals surface area contributed by atoms with Gasteiger partial charge in [0.25, 0.3) is 11.9 Å². The molecule has 106 valence electrons. The van der Waals surface area contributed by atoms with Crippen LogP contribution in [-0.2, 0) is 0 Å². The number of ether oxygens (including phenoxy) is 1. The van der Waals surface area contributed by atoms with Gasteiger partial charge in [0.2, 0.25) is 0 Å². The van der Waals surface area contributed by atoms with E-state index in [-0.39, 0.29) is 30.7 Å². The molecule has 1 aliphatic heterocycles. The Morgan fingerprint density at radius 1 is 1.58 bits per heavy atom. The number of hydrogen-bond donors (Lipinski definition) is 2. The predicted molar refractivity (Wildman–Crippen MR) is 67.0 cm³/mol. The van der Waals surface area contributed by atoms with Crippen molar-refractivity contribution in [1.82, 2.24) is 4.90 Å². The van der Waals surface area contributed by atoms with Gasteiger partial charge in [-0.1, -0.05) is 0 Å². The van der Waals surface area contributed by atoms with Crippen LogP contribution in [0.1, 0.15) is 23.9 Å². The number of aliphatic hydroxyl groups is 2. The van der Waals surface area contributed by atoms with Crippen molar-refractivity contribution in [3.63, 3.8) is 0 Å². The van der Waals surface area contributed by atoms with E-state index in [0.717, 1.165) is 0 Å². The number of furan rings is 1. The summed E-state index contributed by atoms with van der Waals surface area (Å²) in [6.07, 6.45) is -0.105. The van der Waals surface area contributed by atoms with E-state index < -0.39 is 6.10 Å². The van der Waals surface area contributed by atoms with Gasteiger partial charge in [0.05, 0.1) is 12.7 Å². The summed E-state index contributed by atoms with van der Waals surface area (Å²) < 4.78 is 10.4. The van der Waals surface area contributed by atoms with Crippen molar-refractivity contribution in [2.45, 2.75) is 19.4 Å². The molecule has 1 aromatic heterocycles. The van der Waals surface area contributed by atoms with Crippen LogP contribution >= 0.6 is 0 Å². The molecule has 2 rings (SSSR count). The molecule has 1 saturated heterocycles. The Labute approximate surface area is 111 Å². The van der Waals surface area contributed by atoms with Crippen LogP contribution in [0.25, 0.3) is 0 Å². The van der Waals surface area contributed by atoms with E-state index >= 15 is 0 Å². The Bertz CT molecular complexity index is 430. The van der Waals surface area contributed by atoms with Gasteiger partial charge >= 0.3 is 0 Å². The number of β-amino-alcohol motifs (C(OH)–C–C–N with tert-alkyl or cyclic N) is 1. The molecule has 0 aromatic carbocycles. The smallest absolute Gasteiger partial charge is 0.289 e. The van der Waals surface area contributed by atoms with Gasteiger partial charge in [0, 0.05) is 31.7 Å². The largest absolute Gasteiger partial charge is 0.465 e. The molecule has 1 aromatic rings. The number of piperidine rings is 1. The highest BCUT2D eigenvalue weighted by Gasteiger charge is 2.31. The Kier molecular flexibility index (Phi) is 4.44. The van der Waals surface area contributed by atoms with Crippen LogP contribution in [-0.4, -0.2) is 53.4 Å². The fourth-order valence-corrected chi connectivity index (χ4v) is 2.19. The lowest BCUT2D eigenvalue weighted by Gasteiger charge is -2.34. The Balaban J connectivity index is 1.99. The second kappa shape index (κ2) is 6.08. The summed E-state index contributed by atoms with van der Waals surface area (Å²) in [7, 11) is 0. The first-order valence-corrected chi connectivity index (χ1v) is 6.46. The van der Waals surface area contributed by atoms with Crippen LogP contribution in [0, 0.1) is 5.92 Å². The van der Waals surface area contributed by atoms with Gasteiger partial charge in [-0.25, -0.2) is 0 Å². The molecule has 6 heteroatoms. The molecule has 1 amide bonds. The van der Waals surface area contributed by atoms with E-state index in [1.165, 1.54) is 4.90 Å². The lowest BCUT2D eigenvalue weighted by molar-refractivity contribution is -0.000382. The van der Waals surface area contributed by atoms with Crippen LogP contribution in [0.5, 0.6) is 5.95 Å². The third-order valence-corrected chi connectivity index (χ3v) is 3.32. The van der Waals surface area contributed by atoms with Crippen LogP contribution in [0.15, 0.2) is 16.5 Å². The molecular formula is C13H19NO5. The van der Waals surface area contributed by atoms with E-state index in [2.05, 4.69) is 0 Å². The van der Waals surface area contributed by atoms with Gasteiger partial charge in [-0.2, -0.15) is 0 Å². The minimum absolute atomic E-state index is 0.0571. The number of nitrogens with zero attached hydrogens (tertiary/aromatic N) is 1. The Hall–Kier alpha value is -1.53. The quantitative estimate of drug-likeness (QED) is 0.831. The van der Waals surface area contributed by atoms with Crippen molar-refractivity contribution < 1.29 is 24.2 Å². The number of amides is 1. The van der Waals surface area contributed by atoms with Crippen LogP contribution in [0.2, 0.25) is 0 Å². The standard InChI is InChI=1S/C13H19NO5/c1-2-18-12-4-3-11(19-12)13(17)14-6-5-9(8-15)10(16)7-14/h3-4,9-10,15-16H,2,5-8H2,1H3/t9-,10-/m1/s1. The molecule has 2 atom stereocenters. The topological polar surface area (TPSA) is 83.1 Å². The maximum atomic E-state index is 12.2. The molecule has 1 fully saturated rings. The van der Waals surface area contributed by atoms with E-state index in [9.17, 15) is 9.90 Å². The molecule has 0 bridgehead atoms. The molecule has 0 spiro atoms. The van der Waals surface area contributed by atoms with E-state index in [0.29, 0.717) is 25.5 Å². The van der Waals surface area contributed by atoms with E-state index in [4.69, 9.17) is 14.3 Å². The van der Waals surface area contributed by atoms with Crippen molar-refractivity contribution in [1.29, 1.82) is 0 Å². The summed E-state index contributed by atoms with van der Waals surface area (Å²) in [6.45, 7) is 2.97. The zero-order chi connectivity index (χ0) is 13.8. The highest BCUT2D eigenvalue weighted by molar-refractivity contribution is 5.91. The van der Waals surface area contributed by atoms with Crippen molar-refractivity contribution in [3.05, 3.63) is 17.9 Å². The number of rotatable bonds is 4. The van der Waals surface area contributed by atoms with Crippen molar-refractivity contribution in [2.24, 2.45) is 5.92 Å². The van der Waals surface area contributed by atoms with Gasteiger partial charge in [0.1, 0.15) is 0 Å². The summed E-state index contributed by atoms with van der Waals surface area (Å²) in [5, 5.41) is 18.9. The number of hydrogen-bond acceptors (Lipinski definition) is 5. The van der Waals surface area contributed by atoms with Crippen molar-refractivity contribution >= 4 is 5.91 Å². The van der Waals surface area contributed by atoms with E-state index in [1.54, 1.807) is 12.1 Å². The molecule has 0 radical (unpaired) electrons. The summed E-state index contributed by atoms with van der Waals surface area (Å²) in [6, 6.07) is 3.17. The zero-order valence-electron chi connectivity index (χ0n) is 10.9. The average Bonchev–Trinajstić information content (AvgIpc) is 2.87. The second-order valence-corrected chi connectivity index (χ2v) is 4.60. The Morgan fingerprint density at radius 3 is 3.00 bits per heavy atom. The first-order chi connectivity index (χ1) is 9.15. The fraction of sp³-hybridized carbons (Fsp3) is 0.615. The third kappa shape index (κ3) is 3.08. The molecule has 1 aliphatic rings. The van der Waals surface area contributed by atoms with Crippen LogP contribution < -0.4 is 4.74 Å². The Morgan fingerprint density at radius 2 is 2.37 bits per heavy atom. The lowest BCUT2D eigenvalue weighted by Crippen LogP contribution is -2.47. The minimum Gasteiger partial charge on any atom is -0.465 e. The molecule has 0 saturated carbocycles. The average molecular weight is 269 g/mol. The first-order valence-electron chi connectivity index (χ1n) is 6.46. The number of likely N-dealkylation sites (tertiary alicyclic amines) is 1. The summed E-state index contributed by atoms with van der Waals surface area (Å²) in [5.41, 5.74) is 0. The fourth-order valence-electron chi connectivity index (χ4n) is 2.19. The van der Waals surface area contributed by atoms with Gasteiger partial charge in [0.15, 0.2) is 5.76 Å².